The number of carboxylic acids is 1. The molecule has 0 saturated heterocycles. The quantitative estimate of drug-likeness (QED) is 0.723. The second-order valence-electron chi connectivity index (χ2n) is 3.84. The van der Waals surface area contributed by atoms with E-state index in [1.165, 1.54) is 7.11 Å². The molecule has 0 aromatic heterocycles. The first-order valence-electron chi connectivity index (χ1n) is 5.82. The Hall–Kier alpha value is -2.08. The van der Waals surface area contributed by atoms with E-state index in [1.54, 1.807) is 24.3 Å². The van der Waals surface area contributed by atoms with Crippen LogP contribution < -0.4 is 10.1 Å². The maximum absolute atomic E-state index is 11.6. The van der Waals surface area contributed by atoms with E-state index in [0.717, 1.165) is 0 Å². The summed E-state index contributed by atoms with van der Waals surface area (Å²) in [6.07, 6.45) is 0.211. The summed E-state index contributed by atoms with van der Waals surface area (Å²) < 4.78 is 10.0. The first-order chi connectivity index (χ1) is 9.13. The number of hydrogen-bond acceptors (Lipinski definition) is 4. The number of methoxy groups -OCH3 is 1. The van der Waals surface area contributed by atoms with Gasteiger partial charge >= 0.3 is 5.97 Å². The molecule has 0 bridgehead atoms. The Morgan fingerprint density at radius 1 is 1.32 bits per heavy atom. The van der Waals surface area contributed by atoms with Crippen LogP contribution in [0.5, 0.6) is 5.75 Å². The highest BCUT2D eigenvalue weighted by atomic mass is 16.5. The van der Waals surface area contributed by atoms with Crippen LogP contribution in [0.3, 0.4) is 0 Å². The van der Waals surface area contributed by atoms with Gasteiger partial charge in [0.1, 0.15) is 11.8 Å². The largest absolute Gasteiger partial charge is 0.484 e. The van der Waals surface area contributed by atoms with Crippen molar-refractivity contribution in [2.75, 3.05) is 20.3 Å². The first kappa shape index (κ1) is 15.0. The lowest BCUT2D eigenvalue weighted by Crippen LogP contribution is -2.43. The lowest BCUT2D eigenvalue weighted by atomic mass is 10.2. The van der Waals surface area contributed by atoms with Crippen molar-refractivity contribution in [2.45, 2.75) is 12.5 Å². The topological polar surface area (TPSA) is 84.9 Å². The van der Waals surface area contributed by atoms with E-state index in [4.69, 9.17) is 14.6 Å². The summed E-state index contributed by atoms with van der Waals surface area (Å²) in [4.78, 5) is 22.5. The molecule has 0 fully saturated rings. The van der Waals surface area contributed by atoms with E-state index in [-0.39, 0.29) is 19.6 Å². The molecular formula is C13H17NO5. The van der Waals surface area contributed by atoms with E-state index in [1.807, 2.05) is 6.07 Å². The number of nitrogens with one attached hydrogen (secondary N) is 1. The number of aliphatic carboxylic acids is 1. The van der Waals surface area contributed by atoms with E-state index in [9.17, 15) is 9.59 Å². The molecular weight excluding hydrogens is 250 g/mol. The normalized spacial score (nSPS) is 11.6. The number of carbonyl (C=O) groups excluding carboxylic acids is 1. The minimum atomic E-state index is -1.09. The van der Waals surface area contributed by atoms with Crippen molar-refractivity contribution in [1.29, 1.82) is 0 Å². The van der Waals surface area contributed by atoms with Gasteiger partial charge in [-0.05, 0) is 12.1 Å². The van der Waals surface area contributed by atoms with Gasteiger partial charge in [-0.3, -0.25) is 4.79 Å². The maximum atomic E-state index is 11.6. The minimum absolute atomic E-state index is 0.211. The van der Waals surface area contributed by atoms with Gasteiger partial charge in [0, 0.05) is 20.1 Å². The second kappa shape index (κ2) is 8.10. The van der Waals surface area contributed by atoms with Crippen molar-refractivity contribution in [3.05, 3.63) is 30.3 Å². The average Bonchev–Trinajstić information content (AvgIpc) is 2.42. The number of amides is 1. The van der Waals surface area contributed by atoms with Gasteiger partial charge in [-0.1, -0.05) is 18.2 Å². The van der Waals surface area contributed by atoms with E-state index >= 15 is 0 Å². The fraction of sp³-hybridized carbons (Fsp3) is 0.385. The summed E-state index contributed by atoms with van der Waals surface area (Å²) in [6.45, 7) is 0.0393. The summed E-state index contributed by atoms with van der Waals surface area (Å²) in [5, 5.41) is 11.3. The predicted octanol–water partition coefficient (Wildman–Crippen LogP) is 0.671. The number of ether oxygens (including phenoxy) is 2. The third kappa shape index (κ3) is 5.87. The highest BCUT2D eigenvalue weighted by Gasteiger charge is 2.19. The molecule has 0 aliphatic rings. The van der Waals surface area contributed by atoms with Crippen LogP contribution in [0.15, 0.2) is 30.3 Å². The fourth-order valence-electron chi connectivity index (χ4n) is 1.39. The molecule has 1 aromatic carbocycles. The second-order valence-corrected chi connectivity index (χ2v) is 3.84. The van der Waals surface area contributed by atoms with Crippen LogP contribution >= 0.6 is 0 Å². The summed E-state index contributed by atoms with van der Waals surface area (Å²) >= 11 is 0. The molecule has 6 heteroatoms. The molecule has 2 N–H and O–H groups in total. The molecule has 0 aliphatic carbocycles. The monoisotopic (exact) mass is 267 g/mol. The van der Waals surface area contributed by atoms with Gasteiger partial charge in [0.25, 0.3) is 5.91 Å². The zero-order valence-electron chi connectivity index (χ0n) is 10.7. The van der Waals surface area contributed by atoms with Gasteiger partial charge < -0.3 is 19.9 Å². The SMILES string of the molecule is COCCC(NC(=O)COc1ccccc1)C(=O)O. The standard InChI is InChI=1S/C13H17NO5/c1-18-8-7-11(13(16)17)14-12(15)9-19-10-5-3-2-4-6-10/h2-6,11H,7-9H2,1H3,(H,14,15)(H,16,17). The molecule has 1 amide bonds. The molecule has 0 aliphatic heterocycles. The van der Waals surface area contributed by atoms with E-state index < -0.39 is 17.9 Å². The molecule has 0 spiro atoms. The zero-order valence-corrected chi connectivity index (χ0v) is 10.7. The number of hydrogen-bond donors (Lipinski definition) is 2. The van der Waals surface area contributed by atoms with Gasteiger partial charge in [0.2, 0.25) is 0 Å². The Morgan fingerprint density at radius 3 is 2.58 bits per heavy atom. The van der Waals surface area contributed by atoms with Gasteiger partial charge in [-0.15, -0.1) is 0 Å². The Kier molecular flexibility index (Phi) is 6.38. The minimum Gasteiger partial charge on any atom is -0.484 e. The molecule has 1 unspecified atom stereocenters. The number of para-hydroxylation sites is 1. The van der Waals surface area contributed by atoms with Crippen LogP contribution in [0, 0.1) is 0 Å². The van der Waals surface area contributed by atoms with Gasteiger partial charge in [-0.25, -0.2) is 4.79 Å². The maximum Gasteiger partial charge on any atom is 0.326 e. The summed E-state index contributed by atoms with van der Waals surface area (Å²) in [5.74, 6) is -1.01. The van der Waals surface area contributed by atoms with Crippen molar-refractivity contribution in [2.24, 2.45) is 0 Å². The summed E-state index contributed by atoms with van der Waals surface area (Å²) in [7, 11) is 1.47. The zero-order chi connectivity index (χ0) is 14.1. The third-order valence-corrected chi connectivity index (χ3v) is 2.36. The molecule has 104 valence electrons. The smallest absolute Gasteiger partial charge is 0.326 e. The Morgan fingerprint density at radius 2 is 2.00 bits per heavy atom. The van der Waals surface area contributed by atoms with Crippen LogP contribution in [0.25, 0.3) is 0 Å². The van der Waals surface area contributed by atoms with Crippen LogP contribution in [0.1, 0.15) is 6.42 Å². The molecule has 6 nitrogen and oxygen atoms in total. The van der Waals surface area contributed by atoms with Crippen molar-refractivity contribution in [1.82, 2.24) is 5.32 Å². The van der Waals surface area contributed by atoms with Gasteiger partial charge in [-0.2, -0.15) is 0 Å². The first-order valence-corrected chi connectivity index (χ1v) is 5.82. The number of rotatable bonds is 8. The van der Waals surface area contributed by atoms with Crippen molar-refractivity contribution in [3.63, 3.8) is 0 Å². The Balaban J connectivity index is 2.38. The van der Waals surface area contributed by atoms with Crippen molar-refractivity contribution < 1.29 is 24.2 Å². The number of benzene rings is 1. The van der Waals surface area contributed by atoms with Crippen LogP contribution in [-0.2, 0) is 14.3 Å². The van der Waals surface area contributed by atoms with Crippen LogP contribution in [-0.4, -0.2) is 43.3 Å². The molecule has 1 aromatic rings. The van der Waals surface area contributed by atoms with Crippen LogP contribution in [0.4, 0.5) is 0 Å². The molecule has 1 rings (SSSR count). The third-order valence-electron chi connectivity index (χ3n) is 2.36. The highest BCUT2D eigenvalue weighted by molar-refractivity contribution is 5.84. The van der Waals surface area contributed by atoms with E-state index in [0.29, 0.717) is 5.75 Å². The Bertz CT molecular complexity index is 407. The molecule has 0 heterocycles. The summed E-state index contributed by atoms with van der Waals surface area (Å²) in [5.41, 5.74) is 0. The fourth-order valence-corrected chi connectivity index (χ4v) is 1.39. The van der Waals surface area contributed by atoms with Gasteiger partial charge in [0.05, 0.1) is 0 Å². The molecule has 0 saturated carbocycles. The molecule has 19 heavy (non-hydrogen) atoms. The van der Waals surface area contributed by atoms with Crippen molar-refractivity contribution >= 4 is 11.9 Å². The lowest BCUT2D eigenvalue weighted by molar-refractivity contribution is -0.142. The summed E-state index contributed by atoms with van der Waals surface area (Å²) in [6, 6.07) is 7.86. The van der Waals surface area contributed by atoms with E-state index in [2.05, 4.69) is 5.32 Å². The van der Waals surface area contributed by atoms with Gasteiger partial charge in [0.15, 0.2) is 6.61 Å². The number of carboxylic acid groups (broad SMARTS) is 1. The highest BCUT2D eigenvalue weighted by Crippen LogP contribution is 2.07. The average molecular weight is 267 g/mol. The Labute approximate surface area is 111 Å². The van der Waals surface area contributed by atoms with Crippen LogP contribution in [0.2, 0.25) is 0 Å². The molecule has 0 radical (unpaired) electrons. The predicted molar refractivity (Wildman–Crippen MR) is 68.0 cm³/mol. The lowest BCUT2D eigenvalue weighted by Gasteiger charge is -2.14. The number of carbonyl (C=O) groups is 2. The molecule has 1 atom stereocenters. The van der Waals surface area contributed by atoms with Crippen molar-refractivity contribution in [3.8, 4) is 5.75 Å².